The lowest BCUT2D eigenvalue weighted by Crippen LogP contribution is -2.38. The van der Waals surface area contributed by atoms with Crippen LogP contribution in [0.3, 0.4) is 0 Å². The number of nitrogens with zero attached hydrogens (tertiary/aromatic N) is 1. The normalized spacial score (nSPS) is 18.4. The largest absolute Gasteiger partial charge is 0.357 e. The van der Waals surface area contributed by atoms with Crippen LogP contribution in [0, 0.1) is 12.8 Å². The molecule has 1 unspecified atom stereocenters. The lowest BCUT2D eigenvalue weighted by Gasteiger charge is -2.16. The fraction of sp³-hybridized carbons (Fsp3) is 0.438. The number of H-pyrrole nitrogens is 1. The average Bonchev–Trinajstić information content (AvgIpc) is 3.03. The fourth-order valence-electron chi connectivity index (χ4n) is 2.82. The average molecular weight is 306 g/mol. The molecule has 3 rings (SSSR count). The molecule has 0 saturated carbocycles. The molecule has 0 bridgehead atoms. The number of rotatable bonds is 2. The summed E-state index contributed by atoms with van der Waals surface area (Å²) in [7, 11) is 0. The van der Waals surface area contributed by atoms with E-state index in [9.17, 15) is 4.79 Å². The standard InChI is InChI=1S/C16H20ClN3O/c1-10-3-4-20(9-10)16(21)18-8-13-6-12-7-14(17)11(2)5-15(12)19-13/h5-7,10,19H,3-4,8-9H2,1-2H3,(H,18,21). The quantitative estimate of drug-likeness (QED) is 0.873. The molecule has 1 fully saturated rings. The third-order valence-electron chi connectivity index (χ3n) is 4.10. The summed E-state index contributed by atoms with van der Waals surface area (Å²) in [5, 5.41) is 4.81. The summed E-state index contributed by atoms with van der Waals surface area (Å²) >= 11 is 6.13. The number of carbonyl (C=O) groups is 1. The van der Waals surface area contributed by atoms with Crippen molar-refractivity contribution in [3.63, 3.8) is 0 Å². The van der Waals surface area contributed by atoms with Crippen LogP contribution in [0.5, 0.6) is 0 Å². The van der Waals surface area contributed by atoms with Crippen molar-refractivity contribution in [2.45, 2.75) is 26.8 Å². The molecule has 4 nitrogen and oxygen atoms in total. The van der Waals surface area contributed by atoms with Crippen molar-refractivity contribution < 1.29 is 4.79 Å². The van der Waals surface area contributed by atoms with Crippen molar-refractivity contribution >= 4 is 28.5 Å². The Morgan fingerprint density at radius 3 is 3.00 bits per heavy atom. The number of hydrogen-bond acceptors (Lipinski definition) is 1. The number of carbonyl (C=O) groups excluding carboxylic acids is 1. The minimum Gasteiger partial charge on any atom is -0.357 e. The Kier molecular flexibility index (Phi) is 3.81. The maximum atomic E-state index is 12.1. The second-order valence-electron chi connectivity index (χ2n) is 5.98. The van der Waals surface area contributed by atoms with Gasteiger partial charge in [0.2, 0.25) is 0 Å². The van der Waals surface area contributed by atoms with Crippen LogP contribution in [0.2, 0.25) is 5.02 Å². The minimum atomic E-state index is 0.0206. The number of aryl methyl sites for hydroxylation is 1. The van der Waals surface area contributed by atoms with Gasteiger partial charge in [0, 0.05) is 34.7 Å². The lowest BCUT2D eigenvalue weighted by atomic mass is 10.2. The number of urea groups is 1. The Hall–Kier alpha value is -1.68. The van der Waals surface area contributed by atoms with Crippen molar-refractivity contribution in [1.82, 2.24) is 15.2 Å². The molecule has 112 valence electrons. The van der Waals surface area contributed by atoms with E-state index in [0.29, 0.717) is 12.5 Å². The number of hydrogen-bond donors (Lipinski definition) is 2. The second-order valence-corrected chi connectivity index (χ2v) is 6.39. The molecule has 0 aliphatic carbocycles. The highest BCUT2D eigenvalue weighted by Crippen LogP contribution is 2.24. The fourth-order valence-corrected chi connectivity index (χ4v) is 2.99. The molecule has 1 atom stereocenters. The van der Waals surface area contributed by atoms with Gasteiger partial charge in [0.1, 0.15) is 0 Å². The minimum absolute atomic E-state index is 0.0206. The van der Waals surface area contributed by atoms with Gasteiger partial charge in [-0.3, -0.25) is 0 Å². The first-order valence-electron chi connectivity index (χ1n) is 7.33. The van der Waals surface area contributed by atoms with E-state index in [-0.39, 0.29) is 6.03 Å². The summed E-state index contributed by atoms with van der Waals surface area (Å²) in [6.45, 7) is 6.38. The van der Waals surface area contributed by atoms with E-state index in [1.54, 1.807) is 0 Å². The van der Waals surface area contributed by atoms with Gasteiger partial charge in [-0.05, 0) is 43.0 Å². The number of aromatic nitrogens is 1. The van der Waals surface area contributed by atoms with E-state index in [0.717, 1.165) is 46.7 Å². The summed E-state index contributed by atoms with van der Waals surface area (Å²) in [5.74, 6) is 0.606. The maximum absolute atomic E-state index is 12.1. The molecule has 1 aliphatic rings. The van der Waals surface area contributed by atoms with E-state index in [2.05, 4.69) is 17.2 Å². The SMILES string of the molecule is Cc1cc2[nH]c(CNC(=O)N3CCC(C)C3)cc2cc1Cl. The topological polar surface area (TPSA) is 48.1 Å². The molecule has 21 heavy (non-hydrogen) atoms. The summed E-state index contributed by atoms with van der Waals surface area (Å²) in [6.07, 6.45) is 1.09. The number of amides is 2. The lowest BCUT2D eigenvalue weighted by molar-refractivity contribution is 0.207. The Morgan fingerprint density at radius 2 is 2.29 bits per heavy atom. The highest BCUT2D eigenvalue weighted by Gasteiger charge is 2.22. The van der Waals surface area contributed by atoms with Gasteiger partial charge in [-0.15, -0.1) is 0 Å². The Balaban J connectivity index is 1.66. The first-order chi connectivity index (χ1) is 10.0. The molecule has 1 aliphatic heterocycles. The molecule has 2 amide bonds. The van der Waals surface area contributed by atoms with Crippen LogP contribution in [0.25, 0.3) is 10.9 Å². The van der Waals surface area contributed by atoms with E-state index >= 15 is 0 Å². The van der Waals surface area contributed by atoms with Gasteiger partial charge < -0.3 is 15.2 Å². The Labute approximate surface area is 129 Å². The monoisotopic (exact) mass is 305 g/mol. The smallest absolute Gasteiger partial charge is 0.317 e. The van der Waals surface area contributed by atoms with Crippen molar-refractivity contribution in [3.05, 3.63) is 34.5 Å². The highest BCUT2D eigenvalue weighted by molar-refractivity contribution is 6.32. The first kappa shape index (κ1) is 14.3. The number of likely N-dealkylation sites (tertiary alicyclic amines) is 1. The zero-order valence-corrected chi connectivity index (χ0v) is 13.1. The number of fused-ring (bicyclic) bond motifs is 1. The predicted molar refractivity (Wildman–Crippen MR) is 85.6 cm³/mol. The summed E-state index contributed by atoms with van der Waals surface area (Å²) < 4.78 is 0. The summed E-state index contributed by atoms with van der Waals surface area (Å²) in [5.41, 5.74) is 3.09. The molecule has 1 aromatic carbocycles. The molecule has 1 aromatic heterocycles. The van der Waals surface area contributed by atoms with Gasteiger partial charge >= 0.3 is 6.03 Å². The molecule has 1 saturated heterocycles. The molecule has 5 heteroatoms. The molecule has 2 heterocycles. The third-order valence-corrected chi connectivity index (χ3v) is 4.50. The van der Waals surface area contributed by atoms with Crippen LogP contribution in [-0.4, -0.2) is 29.0 Å². The zero-order chi connectivity index (χ0) is 15.0. The molecular weight excluding hydrogens is 286 g/mol. The van der Waals surface area contributed by atoms with Gasteiger partial charge in [-0.25, -0.2) is 4.79 Å². The molecule has 0 radical (unpaired) electrons. The van der Waals surface area contributed by atoms with Crippen LogP contribution in [0.1, 0.15) is 24.6 Å². The molecule has 0 spiro atoms. The third kappa shape index (κ3) is 3.00. The summed E-state index contributed by atoms with van der Waals surface area (Å²) in [6, 6.07) is 6.04. The number of nitrogens with one attached hydrogen (secondary N) is 2. The molecule has 2 aromatic rings. The highest BCUT2D eigenvalue weighted by atomic mass is 35.5. The van der Waals surface area contributed by atoms with E-state index in [4.69, 9.17) is 11.6 Å². The van der Waals surface area contributed by atoms with Crippen LogP contribution >= 0.6 is 11.6 Å². The van der Waals surface area contributed by atoms with Crippen molar-refractivity contribution in [1.29, 1.82) is 0 Å². The second kappa shape index (κ2) is 5.60. The van der Waals surface area contributed by atoms with Gasteiger partial charge in [-0.1, -0.05) is 18.5 Å². The Morgan fingerprint density at radius 1 is 1.48 bits per heavy atom. The van der Waals surface area contributed by atoms with Crippen LogP contribution in [0.15, 0.2) is 18.2 Å². The van der Waals surface area contributed by atoms with E-state index in [1.807, 2.05) is 30.0 Å². The van der Waals surface area contributed by atoms with Gasteiger partial charge in [0.25, 0.3) is 0 Å². The van der Waals surface area contributed by atoms with Crippen molar-refractivity contribution in [2.75, 3.05) is 13.1 Å². The van der Waals surface area contributed by atoms with Gasteiger partial charge in [-0.2, -0.15) is 0 Å². The summed E-state index contributed by atoms with van der Waals surface area (Å²) in [4.78, 5) is 17.3. The van der Waals surface area contributed by atoms with Crippen LogP contribution in [-0.2, 0) is 6.54 Å². The van der Waals surface area contributed by atoms with E-state index in [1.165, 1.54) is 0 Å². The number of benzene rings is 1. The van der Waals surface area contributed by atoms with Crippen LogP contribution < -0.4 is 5.32 Å². The maximum Gasteiger partial charge on any atom is 0.317 e. The first-order valence-corrected chi connectivity index (χ1v) is 7.71. The molecular formula is C16H20ClN3O. The van der Waals surface area contributed by atoms with Crippen molar-refractivity contribution in [2.24, 2.45) is 5.92 Å². The number of halogens is 1. The predicted octanol–water partition coefficient (Wildman–Crippen LogP) is 3.68. The molecule has 2 N–H and O–H groups in total. The van der Waals surface area contributed by atoms with Gasteiger partial charge in [0.15, 0.2) is 0 Å². The Bertz CT molecular complexity index is 640. The van der Waals surface area contributed by atoms with Gasteiger partial charge in [0.05, 0.1) is 6.54 Å². The zero-order valence-electron chi connectivity index (χ0n) is 12.4. The van der Waals surface area contributed by atoms with E-state index < -0.39 is 0 Å². The van der Waals surface area contributed by atoms with Crippen molar-refractivity contribution in [3.8, 4) is 0 Å². The van der Waals surface area contributed by atoms with Crippen LogP contribution in [0.4, 0.5) is 4.79 Å². The number of aromatic amines is 1.